The molecule has 0 aromatic heterocycles. The number of oxime groups is 1. The Hall–Kier alpha value is -3.88. The van der Waals surface area contributed by atoms with Gasteiger partial charge in [-0.2, -0.15) is 0 Å². The first-order chi connectivity index (χ1) is 14.5. The number of urea groups is 1. The minimum Gasteiger partial charge on any atom is -0.497 e. The van der Waals surface area contributed by atoms with Crippen LogP contribution in [-0.4, -0.2) is 44.4 Å². The highest BCUT2D eigenvalue weighted by Crippen LogP contribution is 2.18. The summed E-state index contributed by atoms with van der Waals surface area (Å²) in [6.07, 6.45) is 0.110. The van der Waals surface area contributed by atoms with Crippen molar-refractivity contribution in [1.29, 1.82) is 0 Å². The summed E-state index contributed by atoms with van der Waals surface area (Å²) in [7, 11) is 1.57. The van der Waals surface area contributed by atoms with E-state index in [9.17, 15) is 14.4 Å². The molecule has 0 spiro atoms. The summed E-state index contributed by atoms with van der Waals surface area (Å²) in [5.41, 5.74) is 1.15. The average molecular weight is 413 g/mol. The fourth-order valence-electron chi connectivity index (χ4n) is 2.33. The molecule has 2 aromatic carbocycles. The first-order valence-corrected chi connectivity index (χ1v) is 9.16. The second-order valence-corrected chi connectivity index (χ2v) is 5.91. The molecule has 30 heavy (non-hydrogen) atoms. The number of benzene rings is 2. The molecule has 0 saturated carbocycles. The lowest BCUT2D eigenvalue weighted by Crippen LogP contribution is -2.42. The van der Waals surface area contributed by atoms with E-state index in [1.807, 2.05) is 0 Å². The third kappa shape index (κ3) is 7.27. The number of hydrogen-bond donors (Lipinski definition) is 2. The fourth-order valence-corrected chi connectivity index (χ4v) is 2.33. The summed E-state index contributed by atoms with van der Waals surface area (Å²) in [6, 6.07) is 14.7. The van der Waals surface area contributed by atoms with Gasteiger partial charge in [-0.15, -0.1) is 0 Å². The molecule has 0 unspecified atom stereocenters. The van der Waals surface area contributed by atoms with Gasteiger partial charge in [-0.25, -0.2) is 9.59 Å². The lowest BCUT2D eigenvalue weighted by molar-refractivity contribution is -0.160. The Labute approximate surface area is 174 Å². The number of rotatable bonds is 9. The second-order valence-electron chi connectivity index (χ2n) is 5.91. The molecule has 9 nitrogen and oxygen atoms in total. The van der Waals surface area contributed by atoms with Crippen LogP contribution in [0.1, 0.15) is 24.2 Å². The maximum atomic E-state index is 12.4. The zero-order chi connectivity index (χ0) is 21.8. The Kier molecular flexibility index (Phi) is 8.85. The van der Waals surface area contributed by atoms with Gasteiger partial charge in [-0.05, 0) is 36.8 Å². The molecule has 0 radical (unpaired) electrons. The van der Waals surface area contributed by atoms with Gasteiger partial charge in [0.2, 0.25) is 12.7 Å². The molecule has 1 atom stereocenters. The van der Waals surface area contributed by atoms with Crippen LogP contribution >= 0.6 is 0 Å². The summed E-state index contributed by atoms with van der Waals surface area (Å²) in [4.78, 5) is 41.1. The molecular formula is C21H23N3O6. The highest BCUT2D eigenvalue weighted by molar-refractivity contribution is 5.97. The van der Waals surface area contributed by atoms with Gasteiger partial charge in [-0.3, -0.25) is 10.1 Å². The van der Waals surface area contributed by atoms with Gasteiger partial charge in [0.05, 0.1) is 13.3 Å². The van der Waals surface area contributed by atoms with Gasteiger partial charge >= 0.3 is 12.0 Å². The smallest absolute Gasteiger partial charge is 0.348 e. The van der Waals surface area contributed by atoms with Crippen LogP contribution in [0.3, 0.4) is 0 Å². The SMILES string of the molecule is CCNC(=O)NC(=O)[C@H](OC(=O)CO/N=C\c1ccc(OC)cc1)c1ccccc1. The number of nitrogens with zero attached hydrogens (tertiary/aromatic N) is 1. The number of esters is 1. The van der Waals surface area contributed by atoms with Gasteiger partial charge in [0.1, 0.15) is 5.75 Å². The molecule has 0 aliphatic carbocycles. The monoisotopic (exact) mass is 413 g/mol. The number of carbonyl (C=O) groups is 3. The molecule has 0 bridgehead atoms. The van der Waals surface area contributed by atoms with Crippen LogP contribution in [0.4, 0.5) is 4.79 Å². The van der Waals surface area contributed by atoms with E-state index in [1.54, 1.807) is 68.6 Å². The van der Waals surface area contributed by atoms with Gasteiger partial charge < -0.3 is 19.6 Å². The van der Waals surface area contributed by atoms with Gasteiger partial charge in [0.25, 0.3) is 5.91 Å². The van der Waals surface area contributed by atoms with E-state index in [4.69, 9.17) is 14.3 Å². The highest BCUT2D eigenvalue weighted by Gasteiger charge is 2.26. The van der Waals surface area contributed by atoms with Crippen LogP contribution in [0.25, 0.3) is 0 Å². The Bertz CT molecular complexity index is 868. The third-order valence-corrected chi connectivity index (χ3v) is 3.74. The summed E-state index contributed by atoms with van der Waals surface area (Å²) in [5, 5.41) is 8.28. The minimum atomic E-state index is -1.31. The van der Waals surface area contributed by atoms with E-state index in [-0.39, 0.29) is 0 Å². The normalized spacial score (nSPS) is 11.4. The zero-order valence-corrected chi connectivity index (χ0v) is 16.7. The molecular weight excluding hydrogens is 390 g/mol. The topological polar surface area (TPSA) is 115 Å². The first kappa shape index (κ1) is 22.4. The molecule has 0 heterocycles. The molecule has 2 rings (SSSR count). The third-order valence-electron chi connectivity index (χ3n) is 3.74. The lowest BCUT2D eigenvalue weighted by Gasteiger charge is -2.17. The van der Waals surface area contributed by atoms with E-state index in [0.717, 1.165) is 5.56 Å². The van der Waals surface area contributed by atoms with E-state index >= 15 is 0 Å². The average Bonchev–Trinajstić information content (AvgIpc) is 2.76. The van der Waals surface area contributed by atoms with Crippen molar-refractivity contribution in [3.05, 3.63) is 65.7 Å². The number of ether oxygens (including phenoxy) is 2. The predicted molar refractivity (Wildman–Crippen MR) is 109 cm³/mol. The second kappa shape index (κ2) is 11.8. The summed E-state index contributed by atoms with van der Waals surface area (Å²) in [6.45, 7) is 1.54. The fraction of sp³-hybridized carbons (Fsp3) is 0.238. The lowest BCUT2D eigenvalue weighted by atomic mass is 10.1. The van der Waals surface area contributed by atoms with Crippen molar-refractivity contribution in [3.63, 3.8) is 0 Å². The van der Waals surface area contributed by atoms with Crippen molar-refractivity contribution in [3.8, 4) is 5.75 Å². The maximum Gasteiger partial charge on any atom is 0.348 e. The van der Waals surface area contributed by atoms with Crippen LogP contribution in [0.2, 0.25) is 0 Å². The van der Waals surface area contributed by atoms with E-state index in [1.165, 1.54) is 6.21 Å². The Balaban J connectivity index is 1.93. The maximum absolute atomic E-state index is 12.4. The largest absolute Gasteiger partial charge is 0.497 e. The molecule has 2 N–H and O–H groups in total. The molecule has 9 heteroatoms. The number of hydrogen-bond acceptors (Lipinski definition) is 7. The van der Waals surface area contributed by atoms with Gasteiger partial charge in [-0.1, -0.05) is 35.5 Å². The molecule has 3 amide bonds. The molecule has 0 saturated heterocycles. The molecule has 0 aliphatic rings. The summed E-state index contributed by atoms with van der Waals surface area (Å²) in [5.74, 6) is -0.890. The van der Waals surface area contributed by atoms with Crippen molar-refractivity contribution in [2.24, 2.45) is 5.16 Å². The molecule has 158 valence electrons. The van der Waals surface area contributed by atoms with Gasteiger partial charge in [0, 0.05) is 12.1 Å². The van der Waals surface area contributed by atoms with Crippen LogP contribution in [0, 0.1) is 0 Å². The van der Waals surface area contributed by atoms with Crippen LogP contribution in [0.15, 0.2) is 59.8 Å². The standard InChI is InChI=1S/C21H23N3O6/c1-3-22-21(27)24-20(26)19(16-7-5-4-6-8-16)30-18(25)14-29-23-13-15-9-11-17(28-2)12-10-15/h4-13,19H,3,14H2,1-2H3,(H2,22,24,26,27)/b23-13-/t19-/m1/s1. The summed E-state index contributed by atoms with van der Waals surface area (Å²) < 4.78 is 10.3. The number of imide groups is 1. The molecule has 2 aromatic rings. The minimum absolute atomic E-state index is 0.342. The first-order valence-electron chi connectivity index (χ1n) is 9.16. The molecule has 0 fully saturated rings. The zero-order valence-electron chi connectivity index (χ0n) is 16.7. The number of nitrogens with one attached hydrogen (secondary N) is 2. The molecule has 0 aliphatic heterocycles. The van der Waals surface area contributed by atoms with Crippen molar-refractivity contribution < 1.29 is 28.7 Å². The van der Waals surface area contributed by atoms with Crippen molar-refractivity contribution in [2.75, 3.05) is 20.3 Å². The van der Waals surface area contributed by atoms with Gasteiger partial charge in [0.15, 0.2) is 0 Å². The van der Waals surface area contributed by atoms with Crippen molar-refractivity contribution in [2.45, 2.75) is 13.0 Å². The highest BCUT2D eigenvalue weighted by atomic mass is 16.7. The number of methoxy groups -OCH3 is 1. The van der Waals surface area contributed by atoms with Crippen LogP contribution in [0.5, 0.6) is 5.75 Å². The van der Waals surface area contributed by atoms with Crippen molar-refractivity contribution >= 4 is 24.1 Å². The van der Waals surface area contributed by atoms with E-state index < -0.39 is 30.6 Å². The number of amides is 3. The Morgan fingerprint density at radius 2 is 1.77 bits per heavy atom. The summed E-state index contributed by atoms with van der Waals surface area (Å²) >= 11 is 0. The van der Waals surface area contributed by atoms with Crippen LogP contribution in [-0.2, 0) is 19.2 Å². The predicted octanol–water partition coefficient (Wildman–Crippen LogP) is 2.18. The van der Waals surface area contributed by atoms with Crippen LogP contribution < -0.4 is 15.4 Å². The Morgan fingerprint density at radius 3 is 2.40 bits per heavy atom. The van der Waals surface area contributed by atoms with E-state index in [2.05, 4.69) is 15.8 Å². The number of carbonyl (C=O) groups excluding carboxylic acids is 3. The van der Waals surface area contributed by atoms with Crippen molar-refractivity contribution in [1.82, 2.24) is 10.6 Å². The Morgan fingerprint density at radius 1 is 1.07 bits per heavy atom. The van der Waals surface area contributed by atoms with E-state index in [0.29, 0.717) is 17.9 Å². The quantitative estimate of drug-likeness (QED) is 0.370.